The Hall–Kier alpha value is -0.450. The summed E-state index contributed by atoms with van der Waals surface area (Å²) < 4.78 is 5.07. The quantitative estimate of drug-likeness (QED) is 0.776. The van der Waals surface area contributed by atoms with Gasteiger partial charge in [-0.25, -0.2) is 4.98 Å². The van der Waals surface area contributed by atoms with Crippen molar-refractivity contribution in [1.29, 1.82) is 0 Å². The monoisotopic (exact) mass is 228 g/mol. The molecule has 0 spiro atoms. The van der Waals surface area contributed by atoms with Gasteiger partial charge in [-0.1, -0.05) is 13.8 Å². The molecule has 15 heavy (non-hydrogen) atoms. The summed E-state index contributed by atoms with van der Waals surface area (Å²) in [7, 11) is 1.74. The largest absolute Gasteiger partial charge is 0.384 e. The Morgan fingerprint density at radius 2 is 2.40 bits per heavy atom. The van der Waals surface area contributed by atoms with Crippen LogP contribution in [0.1, 0.15) is 24.5 Å². The zero-order valence-electron chi connectivity index (χ0n) is 9.75. The van der Waals surface area contributed by atoms with Crippen LogP contribution in [0.2, 0.25) is 0 Å². The molecule has 3 nitrogen and oxygen atoms in total. The molecule has 0 fully saturated rings. The van der Waals surface area contributed by atoms with Crippen molar-refractivity contribution in [3.63, 3.8) is 0 Å². The summed E-state index contributed by atoms with van der Waals surface area (Å²) in [4.78, 5) is 4.50. The van der Waals surface area contributed by atoms with Crippen LogP contribution in [0, 0.1) is 5.92 Å². The molecule has 4 heteroatoms. The minimum atomic E-state index is 0.555. The predicted molar refractivity (Wildman–Crippen MR) is 64.2 cm³/mol. The number of rotatable bonds is 7. The lowest BCUT2D eigenvalue weighted by Gasteiger charge is -2.10. The molecular formula is C11H20N2OS. The van der Waals surface area contributed by atoms with Gasteiger partial charge in [0.05, 0.1) is 10.7 Å². The van der Waals surface area contributed by atoms with Crippen molar-refractivity contribution in [1.82, 2.24) is 10.3 Å². The first-order valence-electron chi connectivity index (χ1n) is 5.39. The molecule has 0 saturated carbocycles. The number of ether oxygens (including phenoxy) is 1. The van der Waals surface area contributed by atoms with Crippen molar-refractivity contribution in [2.24, 2.45) is 5.92 Å². The standard InChI is InChI=1S/C11H20N2OS/c1-4-11-13-10(8-15-11)6-12-5-9(2)7-14-3/h8-9,12H,4-7H2,1-3H3. The molecule has 0 aliphatic heterocycles. The van der Waals surface area contributed by atoms with E-state index < -0.39 is 0 Å². The van der Waals surface area contributed by atoms with E-state index in [0.717, 1.165) is 31.8 Å². The van der Waals surface area contributed by atoms with Gasteiger partial charge in [-0.05, 0) is 12.3 Å². The molecular weight excluding hydrogens is 208 g/mol. The summed E-state index contributed by atoms with van der Waals surface area (Å²) in [5.41, 5.74) is 1.15. The highest BCUT2D eigenvalue weighted by Crippen LogP contribution is 2.09. The average molecular weight is 228 g/mol. The van der Waals surface area contributed by atoms with Crippen LogP contribution in [0.5, 0.6) is 0 Å². The summed E-state index contributed by atoms with van der Waals surface area (Å²) in [6.07, 6.45) is 1.03. The summed E-state index contributed by atoms with van der Waals surface area (Å²) in [6.45, 7) is 6.97. The molecule has 0 saturated heterocycles. The van der Waals surface area contributed by atoms with Gasteiger partial charge in [-0.2, -0.15) is 0 Å². The van der Waals surface area contributed by atoms with Gasteiger partial charge in [0.25, 0.3) is 0 Å². The summed E-state index contributed by atoms with van der Waals surface area (Å²) in [5.74, 6) is 0.555. The number of hydrogen-bond donors (Lipinski definition) is 1. The van der Waals surface area contributed by atoms with Crippen molar-refractivity contribution in [3.8, 4) is 0 Å². The van der Waals surface area contributed by atoms with Gasteiger partial charge < -0.3 is 10.1 Å². The topological polar surface area (TPSA) is 34.2 Å². The molecule has 86 valence electrons. The second-order valence-corrected chi connectivity index (χ2v) is 4.72. The van der Waals surface area contributed by atoms with Crippen LogP contribution in [0.15, 0.2) is 5.38 Å². The van der Waals surface area contributed by atoms with Crippen molar-refractivity contribution < 1.29 is 4.74 Å². The number of hydrogen-bond acceptors (Lipinski definition) is 4. The Morgan fingerprint density at radius 3 is 3.00 bits per heavy atom. The number of methoxy groups -OCH3 is 1. The van der Waals surface area contributed by atoms with E-state index in [1.807, 2.05) is 0 Å². The van der Waals surface area contributed by atoms with Crippen molar-refractivity contribution in [2.75, 3.05) is 20.3 Å². The van der Waals surface area contributed by atoms with Gasteiger partial charge >= 0.3 is 0 Å². The number of nitrogens with one attached hydrogen (secondary N) is 1. The van der Waals surface area contributed by atoms with E-state index in [1.54, 1.807) is 18.4 Å². The molecule has 0 amide bonds. The lowest BCUT2D eigenvalue weighted by molar-refractivity contribution is 0.158. The minimum Gasteiger partial charge on any atom is -0.384 e. The van der Waals surface area contributed by atoms with Crippen LogP contribution in [0.25, 0.3) is 0 Å². The zero-order valence-corrected chi connectivity index (χ0v) is 10.6. The number of aryl methyl sites for hydroxylation is 1. The highest BCUT2D eigenvalue weighted by atomic mass is 32.1. The Morgan fingerprint density at radius 1 is 1.60 bits per heavy atom. The van der Waals surface area contributed by atoms with Crippen LogP contribution in [0.3, 0.4) is 0 Å². The smallest absolute Gasteiger partial charge is 0.0926 e. The first-order chi connectivity index (χ1) is 7.26. The predicted octanol–water partition coefficient (Wildman–Crippen LogP) is 2.08. The Kier molecular flexibility index (Phi) is 5.83. The maximum atomic E-state index is 5.07. The van der Waals surface area contributed by atoms with E-state index in [1.165, 1.54) is 5.01 Å². The molecule has 0 aliphatic carbocycles. The molecule has 1 aromatic heterocycles. The number of nitrogens with zero attached hydrogens (tertiary/aromatic N) is 1. The first-order valence-corrected chi connectivity index (χ1v) is 6.27. The van der Waals surface area contributed by atoms with Crippen LogP contribution in [0.4, 0.5) is 0 Å². The van der Waals surface area contributed by atoms with Crippen molar-refractivity contribution in [2.45, 2.75) is 26.8 Å². The molecule has 1 heterocycles. The normalized spacial score (nSPS) is 13.0. The van der Waals surface area contributed by atoms with Crippen LogP contribution in [-0.2, 0) is 17.7 Å². The van der Waals surface area contributed by atoms with Crippen LogP contribution < -0.4 is 5.32 Å². The Balaban J connectivity index is 2.19. The highest BCUT2D eigenvalue weighted by molar-refractivity contribution is 7.09. The second kappa shape index (κ2) is 6.93. The van der Waals surface area contributed by atoms with E-state index in [4.69, 9.17) is 4.74 Å². The molecule has 0 aliphatic rings. The van der Waals surface area contributed by atoms with Gasteiger partial charge in [0.2, 0.25) is 0 Å². The van der Waals surface area contributed by atoms with E-state index in [2.05, 4.69) is 29.5 Å². The zero-order chi connectivity index (χ0) is 11.1. The Labute approximate surface area is 95.9 Å². The maximum absolute atomic E-state index is 5.07. The third-order valence-corrected chi connectivity index (χ3v) is 3.19. The summed E-state index contributed by atoms with van der Waals surface area (Å²) in [5, 5.41) is 6.74. The summed E-state index contributed by atoms with van der Waals surface area (Å²) in [6, 6.07) is 0. The van der Waals surface area contributed by atoms with Gasteiger partial charge in [-0.15, -0.1) is 11.3 Å². The molecule has 1 atom stereocenters. The molecule has 0 bridgehead atoms. The maximum Gasteiger partial charge on any atom is 0.0926 e. The number of aromatic nitrogens is 1. The van der Waals surface area contributed by atoms with Gasteiger partial charge in [0.1, 0.15) is 0 Å². The van der Waals surface area contributed by atoms with Gasteiger partial charge in [0, 0.05) is 32.2 Å². The first kappa shape index (κ1) is 12.6. The van der Waals surface area contributed by atoms with Crippen LogP contribution in [-0.4, -0.2) is 25.2 Å². The van der Waals surface area contributed by atoms with Crippen molar-refractivity contribution in [3.05, 3.63) is 16.1 Å². The average Bonchev–Trinajstić information content (AvgIpc) is 2.66. The summed E-state index contributed by atoms with van der Waals surface area (Å²) >= 11 is 1.74. The minimum absolute atomic E-state index is 0.555. The van der Waals surface area contributed by atoms with Crippen molar-refractivity contribution >= 4 is 11.3 Å². The van der Waals surface area contributed by atoms with E-state index >= 15 is 0 Å². The Bertz CT molecular complexity index is 275. The highest BCUT2D eigenvalue weighted by Gasteiger charge is 2.02. The molecule has 0 radical (unpaired) electrons. The molecule has 1 unspecified atom stereocenters. The van der Waals surface area contributed by atoms with Gasteiger partial charge in [0.15, 0.2) is 0 Å². The van der Waals surface area contributed by atoms with Crippen LogP contribution >= 0.6 is 11.3 Å². The lowest BCUT2D eigenvalue weighted by Crippen LogP contribution is -2.23. The van der Waals surface area contributed by atoms with E-state index in [-0.39, 0.29) is 0 Å². The molecule has 1 N–H and O–H groups in total. The fourth-order valence-corrected chi connectivity index (χ4v) is 2.13. The molecule has 1 rings (SSSR count). The van der Waals surface area contributed by atoms with E-state index in [9.17, 15) is 0 Å². The van der Waals surface area contributed by atoms with E-state index in [0.29, 0.717) is 5.92 Å². The third kappa shape index (κ3) is 4.73. The fraction of sp³-hybridized carbons (Fsp3) is 0.727. The van der Waals surface area contributed by atoms with Gasteiger partial charge in [-0.3, -0.25) is 0 Å². The SMILES string of the molecule is CCc1nc(CNCC(C)COC)cs1. The molecule has 1 aromatic rings. The second-order valence-electron chi connectivity index (χ2n) is 3.78. The number of thiazole rings is 1. The lowest BCUT2D eigenvalue weighted by atomic mass is 10.2. The third-order valence-electron chi connectivity index (χ3n) is 2.15. The fourth-order valence-electron chi connectivity index (χ4n) is 1.38. The molecule has 0 aromatic carbocycles.